The number of esters is 2. The maximum Gasteiger partial charge on any atom is 0.348 e. The molecule has 4 amide bonds. The van der Waals surface area contributed by atoms with Crippen molar-refractivity contribution < 1.29 is 52.6 Å². The quantitative estimate of drug-likeness (QED) is 0.0971. The average molecular weight is 878 g/mol. The molecule has 2 aliphatic heterocycles. The minimum Gasteiger partial charge on any atom is -0.419 e. The molecule has 2 heterocycles. The molecular formula is C49H71N3O11. The molecule has 2 aliphatic carbocycles. The zero-order valence-corrected chi connectivity index (χ0v) is 42.0. The Bertz CT molecular complexity index is 2060. The number of urea groups is 1. The molecule has 2 saturated carbocycles. The van der Waals surface area contributed by atoms with Gasteiger partial charge in [0.25, 0.3) is 17.6 Å². The molecule has 0 aromatic carbocycles. The van der Waals surface area contributed by atoms with Crippen LogP contribution in [-0.2, 0) is 47.8 Å². The zero-order valence-electron chi connectivity index (χ0n) is 42.0. The summed E-state index contributed by atoms with van der Waals surface area (Å²) < 4.78 is 9.76. The highest BCUT2D eigenvalue weighted by Crippen LogP contribution is 2.50. The van der Waals surface area contributed by atoms with Gasteiger partial charge < -0.3 is 9.47 Å². The first-order chi connectivity index (χ1) is 28.2. The number of barbiturate groups is 1. The lowest BCUT2D eigenvalue weighted by Gasteiger charge is -2.41. The van der Waals surface area contributed by atoms with Crippen molar-refractivity contribution in [3.8, 4) is 6.07 Å². The number of rotatable bonds is 0. The Morgan fingerprint density at radius 2 is 0.810 bits per heavy atom. The Morgan fingerprint density at radius 3 is 1.03 bits per heavy atom. The van der Waals surface area contributed by atoms with Crippen molar-refractivity contribution in [2.75, 3.05) is 14.1 Å². The van der Waals surface area contributed by atoms with Gasteiger partial charge in [0.1, 0.15) is 11.1 Å². The van der Waals surface area contributed by atoms with E-state index in [1.54, 1.807) is 27.7 Å². The molecular weight excluding hydrogens is 807 g/mol. The number of likely N-dealkylation sites (N-methyl/N-ethyl adjacent to an activating group) is 2. The van der Waals surface area contributed by atoms with Crippen molar-refractivity contribution in [3.63, 3.8) is 0 Å². The summed E-state index contributed by atoms with van der Waals surface area (Å²) in [7, 11) is 2.72. The van der Waals surface area contributed by atoms with Gasteiger partial charge in [-0.25, -0.2) is 14.4 Å². The molecule has 2 unspecified atom stereocenters. The van der Waals surface area contributed by atoms with Gasteiger partial charge in [-0.05, 0) is 81.6 Å². The molecule has 0 N–H and O–H groups in total. The summed E-state index contributed by atoms with van der Waals surface area (Å²) in [5.41, 5.74) is 4.38. The van der Waals surface area contributed by atoms with Gasteiger partial charge in [-0.2, -0.15) is 5.26 Å². The minimum atomic E-state index is -1.15. The predicted molar refractivity (Wildman–Crippen MR) is 240 cm³/mol. The number of nitriles is 1. The molecule has 63 heavy (non-hydrogen) atoms. The molecule has 4 rings (SSSR count). The predicted octanol–water partition coefficient (Wildman–Crippen LogP) is 8.70. The normalized spacial score (nSPS) is 21.8. The molecule has 2 atom stereocenters. The number of Topliss-reactive ketones (excluding diaryl/α,β-unsaturated/α-hetero) is 4. The van der Waals surface area contributed by atoms with Crippen molar-refractivity contribution in [2.45, 2.75) is 151 Å². The maximum absolute atomic E-state index is 12.1. The van der Waals surface area contributed by atoms with Crippen LogP contribution in [0, 0.1) is 39.4 Å². The van der Waals surface area contributed by atoms with Crippen LogP contribution in [0.15, 0.2) is 55.7 Å². The Balaban J connectivity index is 0.000000776. The van der Waals surface area contributed by atoms with E-state index in [2.05, 4.69) is 0 Å². The number of nitrogens with zero attached hydrogens (tertiary/aromatic N) is 3. The van der Waals surface area contributed by atoms with Crippen LogP contribution in [0.1, 0.15) is 145 Å². The molecule has 14 nitrogen and oxygen atoms in total. The number of hydrogen-bond donors (Lipinski definition) is 0. The number of imide groups is 2. The van der Waals surface area contributed by atoms with Gasteiger partial charge in [0.2, 0.25) is 0 Å². The van der Waals surface area contributed by atoms with E-state index < -0.39 is 46.4 Å². The zero-order chi connectivity index (χ0) is 50.4. The van der Waals surface area contributed by atoms with Crippen molar-refractivity contribution in [1.82, 2.24) is 9.80 Å². The number of allylic oxidation sites excluding steroid dienone is 8. The number of carbonyl (C=O) groups is 9. The third-order valence-corrected chi connectivity index (χ3v) is 12.3. The van der Waals surface area contributed by atoms with Crippen molar-refractivity contribution >= 4 is 52.9 Å². The molecule has 4 fully saturated rings. The van der Waals surface area contributed by atoms with Crippen molar-refractivity contribution in [1.29, 1.82) is 5.26 Å². The van der Waals surface area contributed by atoms with E-state index in [1.807, 2.05) is 110 Å². The van der Waals surface area contributed by atoms with Crippen molar-refractivity contribution in [2.24, 2.45) is 28.1 Å². The first-order valence-electron chi connectivity index (χ1n) is 20.7. The van der Waals surface area contributed by atoms with E-state index in [1.165, 1.54) is 27.9 Å². The van der Waals surface area contributed by atoms with E-state index in [0.717, 1.165) is 32.1 Å². The second-order valence-corrected chi connectivity index (χ2v) is 19.3. The fourth-order valence-corrected chi connectivity index (χ4v) is 6.27. The van der Waals surface area contributed by atoms with Gasteiger partial charge in [0, 0.05) is 56.2 Å². The Labute approximate surface area is 374 Å². The Kier molecular flexibility index (Phi) is 19.3. The van der Waals surface area contributed by atoms with E-state index >= 15 is 0 Å². The lowest BCUT2D eigenvalue weighted by atomic mass is 9.60. The first-order valence-corrected chi connectivity index (χ1v) is 20.7. The van der Waals surface area contributed by atoms with Crippen LogP contribution in [0.25, 0.3) is 0 Å². The third-order valence-electron chi connectivity index (χ3n) is 12.3. The fraction of sp³-hybridized carbons (Fsp3) is 0.592. The summed E-state index contributed by atoms with van der Waals surface area (Å²) in [5, 5.41) is 8.20. The van der Waals surface area contributed by atoms with Crippen LogP contribution in [0.3, 0.4) is 0 Å². The summed E-state index contributed by atoms with van der Waals surface area (Å²) in [6.45, 7) is 37.9. The molecule has 2 saturated heterocycles. The van der Waals surface area contributed by atoms with Gasteiger partial charge in [0.05, 0.1) is 17.2 Å². The summed E-state index contributed by atoms with van der Waals surface area (Å²) in [4.78, 5) is 107. The summed E-state index contributed by atoms with van der Waals surface area (Å²) in [6.07, 6.45) is 0. The molecule has 0 aromatic heterocycles. The highest BCUT2D eigenvalue weighted by Gasteiger charge is 2.57. The van der Waals surface area contributed by atoms with Gasteiger partial charge >= 0.3 is 18.0 Å². The molecule has 4 aliphatic rings. The van der Waals surface area contributed by atoms with Gasteiger partial charge in [-0.15, -0.1) is 0 Å². The van der Waals surface area contributed by atoms with Crippen LogP contribution in [-0.4, -0.2) is 82.6 Å². The smallest absolute Gasteiger partial charge is 0.348 e. The molecule has 348 valence electrons. The second kappa shape index (κ2) is 21.2. The molecule has 0 aromatic rings. The lowest BCUT2D eigenvalue weighted by Crippen LogP contribution is -2.53. The number of ketones is 4. The minimum absolute atomic E-state index is 0.000625. The van der Waals surface area contributed by atoms with E-state index in [-0.39, 0.29) is 51.5 Å². The van der Waals surface area contributed by atoms with Gasteiger partial charge in [0.15, 0.2) is 23.1 Å². The molecule has 0 bridgehead atoms. The van der Waals surface area contributed by atoms with Crippen LogP contribution in [0.5, 0.6) is 0 Å². The number of cyclic esters (lactones) is 2. The largest absolute Gasteiger partial charge is 0.419 e. The standard InChI is InChI=1S/C13H20O2.C12H18O2.C9H12N2O3.C9H12O4.C6H9N/c1-7(2)10-11(14)8(3)13(5,6)9(4)12(10)15;1-7(2)8-9(13)11(3,4)12(5,6)10(8)14;1-5(2)6-7(12)10(3)9(14)11(4)8(6)13;1-5(2)6-7(10)12-9(3,4)13-8(6)11;1-5(2)6(3)4-7/h8-9H,1-6H3;1-6H3;1-4H3;1-4H3;1-3H3. The SMILES string of the molecule is CC(C)=C(C)C#N.CC(C)=C1C(=O)C(C)(C)C(C)(C)C1=O.CC(C)=C1C(=O)C(C)C(C)(C)C(C)C1=O.CC(C)=C1C(=O)N(C)C(=O)N(C)C1=O.CC(C)=C1C(=O)OC(C)(C)OC1=O. The van der Waals surface area contributed by atoms with Crippen molar-refractivity contribution in [3.05, 3.63) is 55.7 Å². The topological polar surface area (TPSA) is 202 Å². The third kappa shape index (κ3) is 12.5. The highest BCUT2D eigenvalue weighted by molar-refractivity contribution is 6.30. The molecule has 0 radical (unpaired) electrons. The fourth-order valence-electron chi connectivity index (χ4n) is 6.27. The summed E-state index contributed by atoms with van der Waals surface area (Å²) >= 11 is 0. The van der Waals surface area contributed by atoms with Gasteiger partial charge in [-0.3, -0.25) is 38.6 Å². The second-order valence-electron chi connectivity index (χ2n) is 19.3. The first kappa shape index (κ1) is 57.4. The van der Waals surface area contributed by atoms with Crippen LogP contribution in [0.4, 0.5) is 4.79 Å². The molecule has 14 heteroatoms. The lowest BCUT2D eigenvalue weighted by molar-refractivity contribution is -0.222. The number of amides is 4. The number of hydrogen-bond acceptors (Lipinski definition) is 12. The monoisotopic (exact) mass is 878 g/mol. The van der Waals surface area contributed by atoms with E-state index in [4.69, 9.17) is 14.7 Å². The maximum atomic E-state index is 12.1. The van der Waals surface area contributed by atoms with Crippen LogP contribution in [0.2, 0.25) is 0 Å². The van der Waals surface area contributed by atoms with Crippen LogP contribution >= 0.6 is 0 Å². The Hall–Kier alpha value is -5.58. The van der Waals surface area contributed by atoms with Crippen LogP contribution < -0.4 is 0 Å². The number of carbonyl (C=O) groups excluding carboxylic acids is 9. The Morgan fingerprint density at radius 1 is 0.508 bits per heavy atom. The average Bonchev–Trinajstić information content (AvgIpc) is 3.26. The molecule has 0 spiro atoms. The summed E-state index contributed by atoms with van der Waals surface area (Å²) in [6, 6.07) is 1.45. The van der Waals surface area contributed by atoms with Gasteiger partial charge in [-0.1, -0.05) is 83.3 Å². The van der Waals surface area contributed by atoms with E-state index in [0.29, 0.717) is 22.3 Å². The number of ether oxygens (including phenoxy) is 2. The highest BCUT2D eigenvalue weighted by atomic mass is 16.7. The van der Waals surface area contributed by atoms with E-state index in [9.17, 15) is 43.2 Å². The summed E-state index contributed by atoms with van der Waals surface area (Å²) in [5.74, 6) is -3.55.